The lowest BCUT2D eigenvalue weighted by atomic mass is 10.1. The van der Waals surface area contributed by atoms with Gasteiger partial charge in [0.1, 0.15) is 0 Å². The molecule has 1 saturated carbocycles. The molecular weight excluding hydrogens is 386 g/mol. The van der Waals surface area contributed by atoms with Gasteiger partial charge in [-0.3, -0.25) is 4.79 Å². The van der Waals surface area contributed by atoms with Crippen LogP contribution in [0.5, 0.6) is 0 Å². The lowest BCUT2D eigenvalue weighted by Crippen LogP contribution is -2.35. The summed E-state index contributed by atoms with van der Waals surface area (Å²) in [6.45, 7) is 0.636. The van der Waals surface area contributed by atoms with Crippen molar-refractivity contribution < 1.29 is 13.2 Å². The average Bonchev–Trinajstić information content (AvgIpc) is 3.20. The molecule has 1 amide bonds. The Labute approximate surface area is 173 Å². The number of carbonyl (C=O) groups excluding carboxylic acids is 1. The molecule has 0 bridgehead atoms. The molecule has 1 aliphatic carbocycles. The lowest BCUT2D eigenvalue weighted by molar-refractivity contribution is 0.0929. The van der Waals surface area contributed by atoms with E-state index in [4.69, 9.17) is 0 Å². The topological polar surface area (TPSA) is 78.5 Å². The Bertz CT molecular complexity index is 923. The highest BCUT2D eigenvalue weighted by atomic mass is 32.2. The second kappa shape index (κ2) is 9.52. The number of amides is 1. The van der Waals surface area contributed by atoms with Gasteiger partial charge in [0.15, 0.2) is 0 Å². The average molecular weight is 416 g/mol. The van der Waals surface area contributed by atoms with Gasteiger partial charge in [0, 0.05) is 18.2 Å². The summed E-state index contributed by atoms with van der Waals surface area (Å²) >= 11 is 0. The summed E-state index contributed by atoms with van der Waals surface area (Å²) in [6.07, 6.45) is 3.82. The molecule has 156 valence electrons. The number of rotatable bonds is 8. The van der Waals surface area contributed by atoms with Crippen molar-refractivity contribution in [2.75, 3.05) is 20.6 Å². The van der Waals surface area contributed by atoms with Crippen molar-refractivity contribution in [2.45, 2.75) is 42.7 Å². The van der Waals surface area contributed by atoms with Gasteiger partial charge in [-0.15, -0.1) is 0 Å². The number of nitrogens with one attached hydrogen (secondary N) is 2. The van der Waals surface area contributed by atoms with Gasteiger partial charge in [0.05, 0.1) is 10.9 Å². The molecule has 7 heteroatoms. The molecule has 0 aromatic heterocycles. The smallest absolute Gasteiger partial charge is 0.251 e. The third kappa shape index (κ3) is 5.88. The standard InChI is InChI=1S/C22H29N3O3S/c1-25(2)16-21(17-9-4-3-5-10-17)23-22(26)18-11-8-14-20(15-18)29(27,28)24-19-12-6-7-13-19/h3-5,8-11,14-15,19,21,24H,6-7,12-13,16H2,1-2H3,(H,23,26)/t21-/m1/s1. The van der Waals surface area contributed by atoms with E-state index in [-0.39, 0.29) is 22.9 Å². The Morgan fingerprint density at radius 1 is 1.07 bits per heavy atom. The van der Waals surface area contributed by atoms with Crippen LogP contribution < -0.4 is 10.0 Å². The largest absolute Gasteiger partial charge is 0.344 e. The molecule has 0 spiro atoms. The van der Waals surface area contributed by atoms with Crippen LogP contribution in [0.1, 0.15) is 47.6 Å². The van der Waals surface area contributed by atoms with Gasteiger partial charge in [0.25, 0.3) is 5.91 Å². The zero-order valence-electron chi connectivity index (χ0n) is 17.0. The minimum Gasteiger partial charge on any atom is -0.344 e. The van der Waals surface area contributed by atoms with Crippen molar-refractivity contribution in [3.63, 3.8) is 0 Å². The normalized spacial score (nSPS) is 16.1. The molecule has 2 N–H and O–H groups in total. The van der Waals surface area contributed by atoms with Crippen LogP contribution in [0.4, 0.5) is 0 Å². The summed E-state index contributed by atoms with van der Waals surface area (Å²) < 4.78 is 28.2. The molecule has 2 aromatic rings. The van der Waals surface area contributed by atoms with E-state index in [2.05, 4.69) is 10.0 Å². The second-order valence-corrected chi connectivity index (χ2v) is 9.54. The Morgan fingerprint density at radius 3 is 2.41 bits per heavy atom. The number of hydrogen-bond acceptors (Lipinski definition) is 4. The minimum atomic E-state index is -3.64. The Kier molecular flexibility index (Phi) is 7.05. The zero-order valence-corrected chi connectivity index (χ0v) is 17.8. The van der Waals surface area contributed by atoms with Crippen LogP contribution >= 0.6 is 0 Å². The van der Waals surface area contributed by atoms with E-state index in [1.807, 2.05) is 49.3 Å². The molecule has 29 heavy (non-hydrogen) atoms. The molecule has 1 atom stereocenters. The fourth-order valence-corrected chi connectivity index (χ4v) is 5.01. The van der Waals surface area contributed by atoms with Crippen molar-refractivity contribution in [2.24, 2.45) is 0 Å². The molecule has 6 nitrogen and oxygen atoms in total. The van der Waals surface area contributed by atoms with Crippen molar-refractivity contribution in [3.05, 3.63) is 65.7 Å². The molecule has 0 heterocycles. The first kappa shape index (κ1) is 21.5. The number of nitrogens with zero attached hydrogens (tertiary/aromatic N) is 1. The van der Waals surface area contributed by atoms with E-state index < -0.39 is 10.0 Å². The van der Waals surface area contributed by atoms with E-state index in [0.29, 0.717) is 12.1 Å². The molecule has 0 unspecified atom stereocenters. The predicted octanol–water partition coefficient (Wildman–Crippen LogP) is 2.94. The molecule has 1 aliphatic rings. The summed E-state index contributed by atoms with van der Waals surface area (Å²) in [5.74, 6) is -0.293. The number of benzene rings is 2. The van der Waals surface area contributed by atoms with Crippen molar-refractivity contribution >= 4 is 15.9 Å². The van der Waals surface area contributed by atoms with Gasteiger partial charge < -0.3 is 10.2 Å². The maximum Gasteiger partial charge on any atom is 0.251 e. The van der Waals surface area contributed by atoms with Crippen LogP contribution in [0.15, 0.2) is 59.5 Å². The zero-order chi connectivity index (χ0) is 20.9. The lowest BCUT2D eigenvalue weighted by Gasteiger charge is -2.23. The Hall–Kier alpha value is -2.22. The molecule has 3 rings (SSSR count). The molecular formula is C22H29N3O3S. The molecule has 0 saturated heterocycles. The summed E-state index contributed by atoms with van der Waals surface area (Å²) in [5.41, 5.74) is 1.33. The fraction of sp³-hybridized carbons (Fsp3) is 0.409. The Morgan fingerprint density at radius 2 is 1.76 bits per heavy atom. The summed E-state index contributed by atoms with van der Waals surface area (Å²) in [4.78, 5) is 15.0. The second-order valence-electron chi connectivity index (χ2n) is 7.83. The van der Waals surface area contributed by atoms with Crippen LogP contribution in [0.3, 0.4) is 0 Å². The Balaban J connectivity index is 1.77. The first-order valence-electron chi connectivity index (χ1n) is 9.98. The van der Waals surface area contributed by atoms with Gasteiger partial charge in [-0.1, -0.05) is 49.2 Å². The van der Waals surface area contributed by atoms with E-state index >= 15 is 0 Å². The third-order valence-corrected chi connectivity index (χ3v) is 6.66. The van der Waals surface area contributed by atoms with Crippen LogP contribution in [0.2, 0.25) is 0 Å². The van der Waals surface area contributed by atoms with E-state index in [9.17, 15) is 13.2 Å². The van der Waals surface area contributed by atoms with Crippen LogP contribution in [0.25, 0.3) is 0 Å². The van der Waals surface area contributed by atoms with Crippen molar-refractivity contribution in [3.8, 4) is 0 Å². The monoisotopic (exact) mass is 415 g/mol. The quantitative estimate of drug-likeness (QED) is 0.695. The molecule has 0 radical (unpaired) electrons. The van der Waals surface area contributed by atoms with Gasteiger partial charge in [0.2, 0.25) is 10.0 Å². The van der Waals surface area contributed by atoms with Crippen LogP contribution in [0, 0.1) is 0 Å². The van der Waals surface area contributed by atoms with E-state index in [0.717, 1.165) is 31.2 Å². The number of carbonyl (C=O) groups is 1. The maximum absolute atomic E-state index is 12.9. The fourth-order valence-electron chi connectivity index (χ4n) is 3.66. The number of hydrogen-bond donors (Lipinski definition) is 2. The molecule has 0 aliphatic heterocycles. The van der Waals surface area contributed by atoms with Crippen molar-refractivity contribution in [1.82, 2.24) is 14.9 Å². The number of likely N-dealkylation sites (N-methyl/N-ethyl adjacent to an activating group) is 1. The minimum absolute atomic E-state index is 0.0139. The first-order valence-corrected chi connectivity index (χ1v) is 11.5. The molecule has 1 fully saturated rings. The van der Waals surface area contributed by atoms with E-state index in [1.54, 1.807) is 12.1 Å². The van der Waals surface area contributed by atoms with Gasteiger partial charge in [-0.25, -0.2) is 13.1 Å². The highest BCUT2D eigenvalue weighted by Gasteiger charge is 2.24. The third-order valence-electron chi connectivity index (χ3n) is 5.14. The summed E-state index contributed by atoms with van der Waals surface area (Å²) in [5, 5.41) is 3.04. The van der Waals surface area contributed by atoms with Crippen molar-refractivity contribution in [1.29, 1.82) is 0 Å². The van der Waals surface area contributed by atoms with Crippen LogP contribution in [-0.2, 0) is 10.0 Å². The highest BCUT2D eigenvalue weighted by Crippen LogP contribution is 2.21. The maximum atomic E-state index is 12.9. The van der Waals surface area contributed by atoms with Gasteiger partial charge in [-0.05, 0) is 50.7 Å². The summed E-state index contributed by atoms with van der Waals surface area (Å²) in [7, 11) is 0.259. The predicted molar refractivity (Wildman–Crippen MR) is 114 cm³/mol. The van der Waals surface area contributed by atoms with Gasteiger partial charge >= 0.3 is 0 Å². The first-order chi connectivity index (χ1) is 13.8. The SMILES string of the molecule is CN(C)C[C@@H](NC(=O)c1cccc(S(=O)(=O)NC2CCCC2)c1)c1ccccc1. The highest BCUT2D eigenvalue weighted by molar-refractivity contribution is 7.89. The van der Waals surface area contributed by atoms with Gasteiger partial charge in [-0.2, -0.15) is 0 Å². The van der Waals surface area contributed by atoms with E-state index in [1.165, 1.54) is 12.1 Å². The molecule has 2 aromatic carbocycles. The van der Waals surface area contributed by atoms with Crippen LogP contribution in [-0.4, -0.2) is 45.9 Å². The number of sulfonamides is 1. The summed E-state index contributed by atoms with van der Waals surface area (Å²) in [6, 6.07) is 15.8.